The van der Waals surface area contributed by atoms with Gasteiger partial charge in [-0.1, -0.05) is 37.6 Å². The SMILES string of the molecule is CCCNC(c1cccc(C2CCC2)c1)c1cc(Br)cs1. The molecule has 1 aromatic heterocycles. The molecule has 1 unspecified atom stereocenters. The monoisotopic (exact) mass is 363 g/mol. The van der Waals surface area contributed by atoms with Crippen molar-refractivity contribution in [3.05, 3.63) is 56.2 Å². The highest BCUT2D eigenvalue weighted by molar-refractivity contribution is 9.10. The topological polar surface area (TPSA) is 12.0 Å². The number of hydrogen-bond donors (Lipinski definition) is 1. The summed E-state index contributed by atoms with van der Waals surface area (Å²) in [5, 5.41) is 5.88. The molecule has 0 bridgehead atoms. The second-order valence-corrected chi connectivity index (χ2v) is 7.71. The predicted octanol–water partition coefficient (Wildman–Crippen LogP) is 5.87. The highest BCUT2D eigenvalue weighted by atomic mass is 79.9. The van der Waals surface area contributed by atoms with Crippen LogP contribution in [0.3, 0.4) is 0 Å². The van der Waals surface area contributed by atoms with Crippen LogP contribution in [0.25, 0.3) is 0 Å². The molecule has 21 heavy (non-hydrogen) atoms. The van der Waals surface area contributed by atoms with Crippen molar-refractivity contribution in [3.8, 4) is 0 Å². The summed E-state index contributed by atoms with van der Waals surface area (Å²) in [7, 11) is 0. The largest absolute Gasteiger partial charge is 0.306 e. The molecule has 2 aromatic rings. The van der Waals surface area contributed by atoms with Crippen molar-refractivity contribution in [3.63, 3.8) is 0 Å². The van der Waals surface area contributed by atoms with Gasteiger partial charge in [0.1, 0.15) is 0 Å². The summed E-state index contributed by atoms with van der Waals surface area (Å²) in [6.07, 6.45) is 5.28. The Morgan fingerprint density at radius 2 is 2.19 bits per heavy atom. The molecule has 0 saturated heterocycles. The molecule has 112 valence electrons. The quantitative estimate of drug-likeness (QED) is 0.676. The van der Waals surface area contributed by atoms with E-state index in [1.165, 1.54) is 39.7 Å². The summed E-state index contributed by atoms with van der Waals surface area (Å²) in [5.41, 5.74) is 2.93. The van der Waals surface area contributed by atoms with Crippen LogP contribution in [0.5, 0.6) is 0 Å². The maximum Gasteiger partial charge on any atom is 0.0671 e. The third-order valence-corrected chi connectivity index (χ3v) is 6.05. The fourth-order valence-electron chi connectivity index (χ4n) is 2.89. The van der Waals surface area contributed by atoms with Gasteiger partial charge in [-0.05, 0) is 64.8 Å². The first kappa shape index (κ1) is 15.3. The molecule has 1 aromatic carbocycles. The molecule has 1 aliphatic rings. The van der Waals surface area contributed by atoms with Crippen LogP contribution in [0, 0.1) is 0 Å². The van der Waals surface area contributed by atoms with E-state index in [0.29, 0.717) is 6.04 Å². The standard InChI is InChI=1S/C18H22BrNS/c1-2-9-20-18(17-11-16(19)12-21-17)15-8-4-7-14(10-15)13-5-3-6-13/h4,7-8,10-13,18,20H,2-3,5-6,9H2,1H3. The number of nitrogens with one attached hydrogen (secondary N) is 1. The molecule has 1 N–H and O–H groups in total. The van der Waals surface area contributed by atoms with Crippen molar-refractivity contribution in [2.24, 2.45) is 0 Å². The Labute approximate surface area is 139 Å². The van der Waals surface area contributed by atoms with Crippen LogP contribution in [0.15, 0.2) is 40.2 Å². The summed E-state index contributed by atoms with van der Waals surface area (Å²) in [6.45, 7) is 3.27. The van der Waals surface area contributed by atoms with Crippen molar-refractivity contribution >= 4 is 27.3 Å². The fraction of sp³-hybridized carbons (Fsp3) is 0.444. The lowest BCUT2D eigenvalue weighted by atomic mass is 9.79. The molecule has 1 fully saturated rings. The lowest BCUT2D eigenvalue weighted by Crippen LogP contribution is -2.22. The van der Waals surface area contributed by atoms with Crippen LogP contribution in [-0.4, -0.2) is 6.54 Å². The zero-order valence-corrected chi connectivity index (χ0v) is 14.8. The normalized spacial score (nSPS) is 16.7. The van der Waals surface area contributed by atoms with Gasteiger partial charge >= 0.3 is 0 Å². The molecular formula is C18H22BrNS. The van der Waals surface area contributed by atoms with Gasteiger partial charge in [0.15, 0.2) is 0 Å². The highest BCUT2D eigenvalue weighted by Crippen LogP contribution is 2.38. The molecule has 1 aliphatic carbocycles. The maximum absolute atomic E-state index is 3.71. The van der Waals surface area contributed by atoms with Crippen LogP contribution in [0.4, 0.5) is 0 Å². The van der Waals surface area contributed by atoms with E-state index >= 15 is 0 Å². The second kappa shape index (κ2) is 7.08. The van der Waals surface area contributed by atoms with Gasteiger partial charge in [-0.15, -0.1) is 11.3 Å². The average molecular weight is 364 g/mol. The minimum atomic E-state index is 0.321. The van der Waals surface area contributed by atoms with Gasteiger partial charge in [-0.3, -0.25) is 0 Å². The summed E-state index contributed by atoms with van der Waals surface area (Å²) < 4.78 is 1.18. The van der Waals surface area contributed by atoms with Gasteiger partial charge in [-0.2, -0.15) is 0 Å². The Morgan fingerprint density at radius 3 is 2.81 bits per heavy atom. The Kier molecular flexibility index (Phi) is 5.15. The first-order valence-electron chi connectivity index (χ1n) is 7.85. The lowest BCUT2D eigenvalue weighted by Gasteiger charge is -2.27. The first-order valence-corrected chi connectivity index (χ1v) is 9.52. The van der Waals surface area contributed by atoms with Crippen LogP contribution < -0.4 is 5.32 Å². The van der Waals surface area contributed by atoms with Crippen LogP contribution in [-0.2, 0) is 0 Å². The third-order valence-electron chi connectivity index (χ3n) is 4.29. The molecule has 3 rings (SSSR count). The van der Waals surface area contributed by atoms with Gasteiger partial charge in [0.25, 0.3) is 0 Å². The smallest absolute Gasteiger partial charge is 0.0671 e. The number of benzene rings is 1. The molecule has 0 amide bonds. The lowest BCUT2D eigenvalue weighted by molar-refractivity contribution is 0.419. The second-order valence-electron chi connectivity index (χ2n) is 5.85. The number of halogens is 1. The first-order chi connectivity index (χ1) is 10.3. The summed E-state index contributed by atoms with van der Waals surface area (Å²) >= 11 is 5.41. The van der Waals surface area contributed by atoms with Gasteiger partial charge in [-0.25, -0.2) is 0 Å². The molecule has 1 saturated carbocycles. The zero-order chi connectivity index (χ0) is 14.7. The van der Waals surface area contributed by atoms with E-state index in [0.717, 1.165) is 18.9 Å². The molecule has 1 atom stereocenters. The van der Waals surface area contributed by atoms with Crippen molar-refractivity contribution in [1.29, 1.82) is 0 Å². The zero-order valence-electron chi connectivity index (χ0n) is 12.4. The van der Waals surface area contributed by atoms with Crippen molar-refractivity contribution < 1.29 is 0 Å². The van der Waals surface area contributed by atoms with Crippen LogP contribution >= 0.6 is 27.3 Å². The van der Waals surface area contributed by atoms with Gasteiger partial charge in [0.2, 0.25) is 0 Å². The van der Waals surface area contributed by atoms with Gasteiger partial charge < -0.3 is 5.32 Å². The molecule has 0 radical (unpaired) electrons. The Hall–Kier alpha value is -0.640. The maximum atomic E-state index is 3.71. The Balaban J connectivity index is 1.88. The van der Waals surface area contributed by atoms with Crippen LogP contribution in [0.2, 0.25) is 0 Å². The number of rotatable bonds is 6. The van der Waals surface area contributed by atoms with Crippen molar-refractivity contribution in [1.82, 2.24) is 5.32 Å². The highest BCUT2D eigenvalue weighted by Gasteiger charge is 2.21. The van der Waals surface area contributed by atoms with Gasteiger partial charge in [0.05, 0.1) is 6.04 Å². The number of hydrogen-bond acceptors (Lipinski definition) is 2. The van der Waals surface area contributed by atoms with Crippen LogP contribution in [0.1, 0.15) is 60.6 Å². The molecule has 3 heteroatoms. The van der Waals surface area contributed by atoms with Crippen molar-refractivity contribution in [2.45, 2.75) is 44.6 Å². The molecule has 0 spiro atoms. The molecule has 1 nitrogen and oxygen atoms in total. The average Bonchev–Trinajstić information content (AvgIpc) is 2.84. The summed E-state index contributed by atoms with van der Waals surface area (Å²) in [5.74, 6) is 0.798. The molecule has 0 aliphatic heterocycles. The van der Waals surface area contributed by atoms with E-state index in [4.69, 9.17) is 0 Å². The minimum absolute atomic E-state index is 0.321. The molecular weight excluding hydrogens is 342 g/mol. The Morgan fingerprint density at radius 1 is 1.33 bits per heavy atom. The number of thiophene rings is 1. The van der Waals surface area contributed by atoms with Crippen molar-refractivity contribution in [2.75, 3.05) is 6.54 Å². The van der Waals surface area contributed by atoms with E-state index in [1.807, 2.05) is 11.3 Å². The van der Waals surface area contributed by atoms with E-state index in [1.54, 1.807) is 0 Å². The summed E-state index contributed by atoms with van der Waals surface area (Å²) in [6, 6.07) is 11.8. The van der Waals surface area contributed by atoms with E-state index in [2.05, 4.69) is 63.9 Å². The third kappa shape index (κ3) is 3.58. The predicted molar refractivity (Wildman–Crippen MR) is 95.2 cm³/mol. The van der Waals surface area contributed by atoms with Gasteiger partial charge in [0, 0.05) is 14.7 Å². The van der Waals surface area contributed by atoms with E-state index in [9.17, 15) is 0 Å². The van der Waals surface area contributed by atoms with E-state index < -0.39 is 0 Å². The fourth-order valence-corrected chi connectivity index (χ4v) is 4.43. The minimum Gasteiger partial charge on any atom is -0.306 e. The van der Waals surface area contributed by atoms with E-state index in [-0.39, 0.29) is 0 Å². The Bertz CT molecular complexity index is 588. The summed E-state index contributed by atoms with van der Waals surface area (Å²) in [4.78, 5) is 1.39. The molecule has 1 heterocycles.